The van der Waals surface area contributed by atoms with Gasteiger partial charge >= 0.3 is 0 Å². The number of rotatable bonds is 7. The van der Waals surface area contributed by atoms with Crippen LogP contribution in [-0.2, 0) is 4.79 Å². The van der Waals surface area contributed by atoms with Crippen LogP contribution in [0.4, 0.5) is 27.4 Å². The lowest BCUT2D eigenvalue weighted by Crippen LogP contribution is -2.51. The number of hydrogen-bond acceptors (Lipinski definition) is 6. The second-order valence-corrected chi connectivity index (χ2v) is 8.03. The predicted molar refractivity (Wildman–Crippen MR) is 134 cm³/mol. The van der Waals surface area contributed by atoms with Crippen molar-refractivity contribution in [1.29, 1.82) is 0 Å². The van der Waals surface area contributed by atoms with Crippen molar-refractivity contribution in [2.75, 3.05) is 29.0 Å². The minimum absolute atomic E-state index is 0.338. The fourth-order valence-electron chi connectivity index (χ4n) is 3.76. The SMILES string of the molecule is C=CC(=O)Nc1cccc(-c2c(F)ccc3cnc(Nc4ccc(NC5CNC5)cc4)nc23)c1. The van der Waals surface area contributed by atoms with Gasteiger partial charge in [0, 0.05) is 47.3 Å². The number of carbonyl (C=O) groups excluding carboxylic acids is 1. The lowest BCUT2D eigenvalue weighted by molar-refractivity contribution is -0.111. The van der Waals surface area contributed by atoms with Crippen molar-refractivity contribution in [3.8, 4) is 11.1 Å². The summed E-state index contributed by atoms with van der Waals surface area (Å²) in [7, 11) is 0. The second kappa shape index (κ2) is 9.29. The second-order valence-electron chi connectivity index (χ2n) is 8.03. The first-order valence-electron chi connectivity index (χ1n) is 10.9. The smallest absolute Gasteiger partial charge is 0.247 e. The van der Waals surface area contributed by atoms with Crippen molar-refractivity contribution in [3.05, 3.63) is 85.3 Å². The van der Waals surface area contributed by atoms with Crippen molar-refractivity contribution in [1.82, 2.24) is 15.3 Å². The molecule has 0 bridgehead atoms. The van der Waals surface area contributed by atoms with Gasteiger partial charge in [-0.05, 0) is 60.2 Å². The molecule has 0 atom stereocenters. The molecule has 0 spiro atoms. The van der Waals surface area contributed by atoms with Crippen LogP contribution in [0.15, 0.2) is 79.5 Å². The Morgan fingerprint density at radius 2 is 1.85 bits per heavy atom. The number of halogens is 1. The number of nitrogens with one attached hydrogen (secondary N) is 4. The highest BCUT2D eigenvalue weighted by Gasteiger charge is 2.16. The van der Waals surface area contributed by atoms with E-state index in [1.54, 1.807) is 36.5 Å². The predicted octanol–water partition coefficient (Wildman–Crippen LogP) is 4.69. The minimum Gasteiger partial charge on any atom is -0.380 e. The highest BCUT2D eigenvalue weighted by Crippen LogP contribution is 2.32. The Morgan fingerprint density at radius 1 is 1.06 bits per heavy atom. The van der Waals surface area contributed by atoms with Crippen LogP contribution in [0.2, 0.25) is 0 Å². The molecular weight excluding hydrogens is 431 g/mol. The lowest BCUT2D eigenvalue weighted by Gasteiger charge is -2.29. The summed E-state index contributed by atoms with van der Waals surface area (Å²) in [6.07, 6.45) is 2.85. The molecule has 4 N–H and O–H groups in total. The maximum atomic E-state index is 15.0. The number of carbonyl (C=O) groups is 1. The van der Waals surface area contributed by atoms with Crippen LogP contribution in [0.1, 0.15) is 0 Å². The van der Waals surface area contributed by atoms with E-state index in [9.17, 15) is 4.79 Å². The first-order valence-corrected chi connectivity index (χ1v) is 10.9. The monoisotopic (exact) mass is 454 g/mol. The summed E-state index contributed by atoms with van der Waals surface area (Å²) in [5.74, 6) is -0.389. The largest absolute Gasteiger partial charge is 0.380 e. The summed E-state index contributed by atoms with van der Waals surface area (Å²) < 4.78 is 15.0. The van der Waals surface area contributed by atoms with Crippen molar-refractivity contribution in [2.24, 2.45) is 0 Å². The third-order valence-corrected chi connectivity index (χ3v) is 5.60. The van der Waals surface area contributed by atoms with Gasteiger partial charge in [0.1, 0.15) is 5.82 Å². The number of benzene rings is 3. The van der Waals surface area contributed by atoms with Crippen LogP contribution in [0.5, 0.6) is 0 Å². The average Bonchev–Trinajstić information content (AvgIpc) is 2.82. The highest BCUT2D eigenvalue weighted by atomic mass is 19.1. The van der Waals surface area contributed by atoms with Gasteiger partial charge < -0.3 is 21.3 Å². The summed E-state index contributed by atoms with van der Waals surface area (Å²) in [6.45, 7) is 5.39. The molecule has 1 fully saturated rings. The zero-order valence-electron chi connectivity index (χ0n) is 18.3. The van der Waals surface area contributed by atoms with Gasteiger partial charge in [-0.2, -0.15) is 0 Å². The van der Waals surface area contributed by atoms with Crippen molar-refractivity contribution >= 4 is 39.8 Å². The minimum atomic E-state index is -0.412. The van der Waals surface area contributed by atoms with E-state index in [1.165, 1.54) is 12.1 Å². The van der Waals surface area contributed by atoms with Gasteiger partial charge in [-0.15, -0.1) is 0 Å². The average molecular weight is 455 g/mol. The Balaban J connectivity index is 1.45. The molecular formula is C26H23FN6O. The summed E-state index contributed by atoms with van der Waals surface area (Å²) in [5.41, 5.74) is 3.81. The molecule has 8 heteroatoms. The maximum absolute atomic E-state index is 15.0. The first-order chi connectivity index (χ1) is 16.6. The quantitative estimate of drug-likeness (QED) is 0.303. The first kappa shape index (κ1) is 21.5. The zero-order chi connectivity index (χ0) is 23.5. The maximum Gasteiger partial charge on any atom is 0.247 e. The number of fused-ring (bicyclic) bond motifs is 1. The molecule has 2 heterocycles. The van der Waals surface area contributed by atoms with Crippen molar-refractivity contribution in [3.63, 3.8) is 0 Å². The standard InChI is InChI=1S/C26H23FN6O/c1-2-23(34)31-20-5-3-4-16(12-20)24-22(27)11-6-17-13-29-26(33-25(17)24)32-19-9-7-18(8-10-19)30-21-14-28-15-21/h2-13,21,28,30H,1,14-15H2,(H,31,34)(H,29,32,33). The Bertz CT molecular complexity index is 1370. The Kier molecular flexibility index (Phi) is 5.88. The van der Waals surface area contributed by atoms with Crippen LogP contribution < -0.4 is 21.3 Å². The van der Waals surface area contributed by atoms with E-state index in [2.05, 4.69) is 37.8 Å². The fourth-order valence-corrected chi connectivity index (χ4v) is 3.76. The van der Waals surface area contributed by atoms with E-state index >= 15 is 4.39 Å². The molecule has 4 aromatic rings. The van der Waals surface area contributed by atoms with Crippen molar-refractivity contribution < 1.29 is 9.18 Å². The summed E-state index contributed by atoms with van der Waals surface area (Å²) in [6, 6.07) is 18.4. The van der Waals surface area contributed by atoms with E-state index < -0.39 is 5.82 Å². The third kappa shape index (κ3) is 4.57. The fraction of sp³-hybridized carbons (Fsp3) is 0.115. The molecule has 0 aliphatic carbocycles. The molecule has 1 aliphatic rings. The Labute approximate surface area is 196 Å². The summed E-state index contributed by atoms with van der Waals surface area (Å²) in [5, 5.41) is 13.3. The van der Waals surface area contributed by atoms with Crippen molar-refractivity contribution in [2.45, 2.75) is 6.04 Å². The zero-order valence-corrected chi connectivity index (χ0v) is 18.3. The molecule has 0 unspecified atom stereocenters. The van der Waals surface area contributed by atoms with E-state index in [1.807, 2.05) is 24.3 Å². The van der Waals surface area contributed by atoms with Gasteiger partial charge in [0.25, 0.3) is 0 Å². The van der Waals surface area contributed by atoms with Crippen LogP contribution in [0, 0.1) is 5.82 Å². The normalized spacial score (nSPS) is 13.2. The van der Waals surface area contributed by atoms with Gasteiger partial charge in [-0.1, -0.05) is 18.7 Å². The Morgan fingerprint density at radius 3 is 2.59 bits per heavy atom. The van der Waals surface area contributed by atoms with Gasteiger partial charge in [0.15, 0.2) is 0 Å². The molecule has 170 valence electrons. The number of amides is 1. The van der Waals surface area contributed by atoms with Gasteiger partial charge in [0.05, 0.1) is 11.6 Å². The highest BCUT2D eigenvalue weighted by molar-refractivity contribution is 6.00. The molecule has 1 saturated heterocycles. The van der Waals surface area contributed by atoms with Gasteiger partial charge in [-0.25, -0.2) is 14.4 Å². The number of anilines is 4. The van der Waals surface area contributed by atoms with E-state index in [0.29, 0.717) is 39.7 Å². The van der Waals surface area contributed by atoms with E-state index in [-0.39, 0.29) is 5.91 Å². The van der Waals surface area contributed by atoms with E-state index in [4.69, 9.17) is 0 Å². The molecule has 3 aromatic carbocycles. The molecule has 1 amide bonds. The number of aromatic nitrogens is 2. The number of nitrogens with zero attached hydrogens (tertiary/aromatic N) is 2. The van der Waals surface area contributed by atoms with Crippen LogP contribution in [0.3, 0.4) is 0 Å². The molecule has 1 aromatic heterocycles. The molecule has 0 radical (unpaired) electrons. The molecule has 0 saturated carbocycles. The van der Waals surface area contributed by atoms with Gasteiger partial charge in [0.2, 0.25) is 11.9 Å². The topological polar surface area (TPSA) is 91.0 Å². The molecule has 5 rings (SSSR count). The molecule has 34 heavy (non-hydrogen) atoms. The molecule has 1 aliphatic heterocycles. The molecule has 7 nitrogen and oxygen atoms in total. The van der Waals surface area contributed by atoms with Gasteiger partial charge in [-0.3, -0.25) is 4.79 Å². The van der Waals surface area contributed by atoms with Crippen LogP contribution in [-0.4, -0.2) is 35.0 Å². The summed E-state index contributed by atoms with van der Waals surface area (Å²) in [4.78, 5) is 20.7. The van der Waals surface area contributed by atoms with E-state index in [0.717, 1.165) is 24.5 Å². The summed E-state index contributed by atoms with van der Waals surface area (Å²) >= 11 is 0. The number of hydrogen-bond donors (Lipinski definition) is 4. The lowest BCUT2D eigenvalue weighted by atomic mass is 10.0. The third-order valence-electron chi connectivity index (χ3n) is 5.60. The van der Waals surface area contributed by atoms with Crippen LogP contribution >= 0.6 is 0 Å². The van der Waals surface area contributed by atoms with Crippen LogP contribution in [0.25, 0.3) is 22.0 Å². The Hall–Kier alpha value is -4.30.